The van der Waals surface area contributed by atoms with Gasteiger partial charge in [0.2, 0.25) is 0 Å². The lowest BCUT2D eigenvalue weighted by Crippen LogP contribution is -1.88. The third kappa shape index (κ3) is 1.91. The number of terminal acetylenes is 1. The molecule has 1 rings (SSSR count). The Kier molecular flexibility index (Phi) is 2.40. The number of hydrogen-bond donors (Lipinski definition) is 1. The monoisotopic (exact) mass is 147 g/mol. The molecule has 11 heavy (non-hydrogen) atoms. The summed E-state index contributed by atoms with van der Waals surface area (Å²) in [5, 5.41) is 2.73. The Labute approximate surface area is 66.2 Å². The Morgan fingerprint density at radius 3 is 3.00 bits per heavy atom. The zero-order valence-electron chi connectivity index (χ0n) is 6.29. The number of rotatable bonds is 2. The first-order valence-corrected chi connectivity index (χ1v) is 3.22. The normalized spacial score (nSPS) is 8.36. The summed E-state index contributed by atoms with van der Waals surface area (Å²) in [5.41, 5.74) is 0.867. The Balaban J connectivity index is 2.84. The zero-order chi connectivity index (χ0) is 8.10. The van der Waals surface area contributed by atoms with Gasteiger partial charge in [-0.05, 0) is 12.1 Å². The van der Waals surface area contributed by atoms with E-state index in [1.54, 1.807) is 7.11 Å². The third-order valence-corrected chi connectivity index (χ3v) is 1.29. The molecule has 2 nitrogen and oxygen atoms in total. The number of hydrogen-bond acceptors (Lipinski definition) is 2. The third-order valence-electron chi connectivity index (χ3n) is 1.29. The maximum atomic E-state index is 5.05. The van der Waals surface area contributed by atoms with Gasteiger partial charge in [-0.1, -0.05) is 12.5 Å². The first kappa shape index (κ1) is 7.49. The summed E-state index contributed by atoms with van der Waals surface area (Å²) in [4.78, 5) is 0. The molecule has 56 valence electrons. The van der Waals surface area contributed by atoms with E-state index >= 15 is 0 Å². The SMILES string of the molecule is C#CNc1cccc(OC)c1. The van der Waals surface area contributed by atoms with Crippen LogP contribution in [0.4, 0.5) is 5.69 Å². The second kappa shape index (κ2) is 3.52. The van der Waals surface area contributed by atoms with E-state index in [0.29, 0.717) is 0 Å². The molecule has 0 saturated heterocycles. The Morgan fingerprint density at radius 2 is 2.36 bits per heavy atom. The molecule has 0 aromatic heterocycles. The maximum Gasteiger partial charge on any atom is 0.120 e. The molecule has 2 heteroatoms. The van der Waals surface area contributed by atoms with Gasteiger partial charge in [0.05, 0.1) is 7.11 Å². The second-order valence-electron chi connectivity index (χ2n) is 2.00. The zero-order valence-corrected chi connectivity index (χ0v) is 6.29. The molecule has 0 radical (unpaired) electrons. The van der Waals surface area contributed by atoms with Crippen LogP contribution in [0, 0.1) is 12.5 Å². The highest BCUT2D eigenvalue weighted by Gasteiger charge is 1.91. The molecular weight excluding hydrogens is 138 g/mol. The van der Waals surface area contributed by atoms with Gasteiger partial charge in [-0.2, -0.15) is 0 Å². The predicted molar refractivity (Wildman–Crippen MR) is 45.4 cm³/mol. The van der Waals surface area contributed by atoms with E-state index in [9.17, 15) is 0 Å². The van der Waals surface area contributed by atoms with Crippen molar-refractivity contribution >= 4 is 5.69 Å². The van der Waals surface area contributed by atoms with Crippen molar-refractivity contribution in [1.82, 2.24) is 0 Å². The van der Waals surface area contributed by atoms with Crippen LogP contribution >= 0.6 is 0 Å². The van der Waals surface area contributed by atoms with E-state index < -0.39 is 0 Å². The van der Waals surface area contributed by atoms with Crippen LogP contribution in [-0.2, 0) is 0 Å². The molecule has 0 saturated carbocycles. The second-order valence-corrected chi connectivity index (χ2v) is 2.00. The Hall–Kier alpha value is -1.62. The molecule has 0 atom stereocenters. The van der Waals surface area contributed by atoms with E-state index in [2.05, 4.69) is 11.4 Å². The highest BCUT2D eigenvalue weighted by molar-refractivity contribution is 5.51. The van der Waals surface area contributed by atoms with Gasteiger partial charge >= 0.3 is 0 Å². The summed E-state index contributed by atoms with van der Waals surface area (Å²) in [6.45, 7) is 0. The molecule has 0 aliphatic rings. The average molecular weight is 147 g/mol. The highest BCUT2D eigenvalue weighted by Crippen LogP contribution is 2.15. The van der Waals surface area contributed by atoms with Crippen LogP contribution in [0.3, 0.4) is 0 Å². The lowest BCUT2D eigenvalue weighted by atomic mass is 10.3. The van der Waals surface area contributed by atoms with Gasteiger partial charge in [-0.3, -0.25) is 0 Å². The average Bonchev–Trinajstić information content (AvgIpc) is 2.06. The van der Waals surface area contributed by atoms with Crippen molar-refractivity contribution in [1.29, 1.82) is 0 Å². The van der Waals surface area contributed by atoms with Crippen molar-refractivity contribution in [2.75, 3.05) is 12.4 Å². The van der Waals surface area contributed by atoms with E-state index in [4.69, 9.17) is 11.2 Å². The minimum absolute atomic E-state index is 0.797. The van der Waals surface area contributed by atoms with Crippen molar-refractivity contribution in [3.05, 3.63) is 24.3 Å². The van der Waals surface area contributed by atoms with Crippen LogP contribution in [-0.4, -0.2) is 7.11 Å². The molecule has 1 N–H and O–H groups in total. The summed E-state index contributed by atoms with van der Waals surface area (Å²) < 4.78 is 4.99. The minimum Gasteiger partial charge on any atom is -0.497 e. The first-order valence-electron chi connectivity index (χ1n) is 3.22. The van der Waals surface area contributed by atoms with Crippen LogP contribution in [0.15, 0.2) is 24.3 Å². The topological polar surface area (TPSA) is 21.3 Å². The van der Waals surface area contributed by atoms with Crippen molar-refractivity contribution in [3.63, 3.8) is 0 Å². The van der Waals surface area contributed by atoms with E-state index in [-0.39, 0.29) is 0 Å². The largest absolute Gasteiger partial charge is 0.497 e. The summed E-state index contributed by atoms with van der Waals surface area (Å²) >= 11 is 0. The van der Waals surface area contributed by atoms with Gasteiger partial charge < -0.3 is 10.1 Å². The van der Waals surface area contributed by atoms with Crippen LogP contribution in [0.1, 0.15) is 0 Å². The number of anilines is 1. The number of benzene rings is 1. The molecule has 0 fully saturated rings. The van der Waals surface area contributed by atoms with Gasteiger partial charge in [-0.25, -0.2) is 0 Å². The van der Waals surface area contributed by atoms with Crippen LogP contribution in [0.25, 0.3) is 0 Å². The summed E-state index contributed by atoms with van der Waals surface area (Å²) in [5.74, 6) is 0.797. The molecule has 0 bridgehead atoms. The summed E-state index contributed by atoms with van der Waals surface area (Å²) in [6.07, 6.45) is 5.05. The van der Waals surface area contributed by atoms with Crippen molar-refractivity contribution in [2.24, 2.45) is 0 Å². The fourth-order valence-corrected chi connectivity index (χ4v) is 0.784. The van der Waals surface area contributed by atoms with Crippen LogP contribution in [0.2, 0.25) is 0 Å². The van der Waals surface area contributed by atoms with Crippen LogP contribution < -0.4 is 10.1 Å². The predicted octanol–water partition coefficient (Wildman–Crippen LogP) is 1.70. The Bertz CT molecular complexity index is 275. The van der Waals surface area contributed by atoms with E-state index in [1.807, 2.05) is 24.3 Å². The molecule has 0 heterocycles. The number of nitrogens with one attached hydrogen (secondary N) is 1. The highest BCUT2D eigenvalue weighted by atomic mass is 16.5. The summed E-state index contributed by atoms with van der Waals surface area (Å²) in [6, 6.07) is 9.78. The van der Waals surface area contributed by atoms with Crippen molar-refractivity contribution in [2.45, 2.75) is 0 Å². The van der Waals surface area contributed by atoms with Crippen molar-refractivity contribution in [3.8, 4) is 18.2 Å². The fourth-order valence-electron chi connectivity index (χ4n) is 0.784. The molecule has 0 aliphatic heterocycles. The van der Waals surface area contributed by atoms with Gasteiger partial charge in [-0.15, -0.1) is 0 Å². The smallest absolute Gasteiger partial charge is 0.120 e. The number of ether oxygens (including phenoxy) is 1. The quantitative estimate of drug-likeness (QED) is 0.507. The van der Waals surface area contributed by atoms with E-state index in [0.717, 1.165) is 11.4 Å². The molecule has 1 aromatic carbocycles. The molecule has 0 unspecified atom stereocenters. The number of methoxy groups -OCH3 is 1. The van der Waals surface area contributed by atoms with Gasteiger partial charge in [0, 0.05) is 17.8 Å². The van der Waals surface area contributed by atoms with Gasteiger partial charge in [0.25, 0.3) is 0 Å². The summed E-state index contributed by atoms with van der Waals surface area (Å²) in [7, 11) is 1.62. The fraction of sp³-hybridized carbons (Fsp3) is 0.111. The maximum absolute atomic E-state index is 5.05. The van der Waals surface area contributed by atoms with Gasteiger partial charge in [0.1, 0.15) is 5.75 Å². The molecule has 1 aromatic rings. The molecule has 0 amide bonds. The lowest BCUT2D eigenvalue weighted by molar-refractivity contribution is 0.415. The van der Waals surface area contributed by atoms with E-state index in [1.165, 1.54) is 0 Å². The molecule has 0 aliphatic carbocycles. The molecular formula is C9H9NO. The minimum atomic E-state index is 0.797. The Morgan fingerprint density at radius 1 is 1.55 bits per heavy atom. The standard InChI is InChI=1S/C9H9NO/c1-3-10-8-5-4-6-9(7-8)11-2/h1,4-7,10H,2H3. The first-order chi connectivity index (χ1) is 5.36. The lowest BCUT2D eigenvalue weighted by Gasteiger charge is -2.01. The van der Waals surface area contributed by atoms with Crippen molar-refractivity contribution < 1.29 is 4.74 Å². The van der Waals surface area contributed by atoms with Crippen LogP contribution in [0.5, 0.6) is 5.75 Å². The molecule has 0 spiro atoms. The van der Waals surface area contributed by atoms with Gasteiger partial charge in [0.15, 0.2) is 0 Å².